The first kappa shape index (κ1) is 17.0. The number of aromatic nitrogens is 2. The van der Waals surface area contributed by atoms with E-state index in [0.29, 0.717) is 0 Å². The van der Waals surface area contributed by atoms with Gasteiger partial charge in [0.15, 0.2) is 5.82 Å². The first-order valence-corrected chi connectivity index (χ1v) is 5.00. The number of alkyl halides is 5. The van der Waals surface area contributed by atoms with E-state index in [9.17, 15) is 22.0 Å². The molecule has 104 valence electrons. The topological polar surface area (TPSA) is 76.3 Å². The molecular formula is C11H4F5LiN4. The molecule has 1 N–H and O–H groups in total. The molecule has 0 aliphatic rings. The number of hydrogen-bond donors (Lipinski definition) is 1. The van der Waals surface area contributed by atoms with Crippen LogP contribution in [0.5, 0.6) is 0 Å². The van der Waals surface area contributed by atoms with Crippen molar-refractivity contribution < 1.29 is 22.0 Å². The molecule has 0 saturated heterocycles. The van der Waals surface area contributed by atoms with E-state index in [0.717, 1.165) is 12.1 Å². The Morgan fingerprint density at radius 1 is 1.00 bits per heavy atom. The molecule has 0 atom stereocenters. The van der Waals surface area contributed by atoms with Crippen LogP contribution in [0.3, 0.4) is 0 Å². The minimum atomic E-state index is -5.83. The van der Waals surface area contributed by atoms with E-state index in [1.807, 2.05) is 0 Å². The number of fused-ring (bicyclic) bond motifs is 1. The number of imidazole rings is 1. The molecule has 0 aliphatic carbocycles. The average Bonchev–Trinajstić information content (AvgIpc) is 2.81. The Bertz CT molecular complexity index is 715. The zero-order valence-electron chi connectivity index (χ0n) is 9.39. The zero-order valence-corrected chi connectivity index (χ0v) is 9.39. The molecule has 0 unspecified atom stereocenters. The summed E-state index contributed by atoms with van der Waals surface area (Å²) in [6.07, 6.45) is -5.83. The van der Waals surface area contributed by atoms with E-state index in [4.69, 9.17) is 10.5 Å². The molecule has 0 spiro atoms. The molecule has 0 radical (unpaired) electrons. The van der Waals surface area contributed by atoms with Gasteiger partial charge in [-0.1, -0.05) is 0 Å². The van der Waals surface area contributed by atoms with E-state index in [1.165, 1.54) is 0 Å². The van der Waals surface area contributed by atoms with Gasteiger partial charge in [0, 0.05) is 0 Å². The van der Waals surface area contributed by atoms with E-state index in [1.54, 1.807) is 17.1 Å². The number of H-pyrrole nitrogens is 1. The van der Waals surface area contributed by atoms with Gasteiger partial charge in [-0.25, -0.2) is 4.98 Å². The summed E-state index contributed by atoms with van der Waals surface area (Å²) in [4.78, 5) is 4.91. The number of nitrogens with zero attached hydrogens (tertiary/aromatic N) is 3. The number of nitriles is 2. The first-order valence-electron chi connectivity index (χ1n) is 5.00. The number of nitrogens with one attached hydrogen (secondary N) is 1. The van der Waals surface area contributed by atoms with Crippen molar-refractivity contribution in [2.24, 2.45) is 0 Å². The third-order valence-corrected chi connectivity index (χ3v) is 2.54. The fourth-order valence-corrected chi connectivity index (χ4v) is 1.56. The molecule has 0 saturated carbocycles. The summed E-state index contributed by atoms with van der Waals surface area (Å²) in [6.45, 7) is 0. The predicted octanol–water partition coefficient (Wildman–Crippen LogP) is 2.31. The minimum absolute atomic E-state index is 0. The van der Waals surface area contributed by atoms with E-state index < -0.39 is 23.4 Å². The second kappa shape index (κ2) is 5.36. The third kappa shape index (κ3) is 2.58. The number of benzene rings is 1. The van der Waals surface area contributed by atoms with Crippen molar-refractivity contribution >= 4 is 29.9 Å². The second-order valence-electron chi connectivity index (χ2n) is 3.77. The van der Waals surface area contributed by atoms with Crippen LogP contribution >= 0.6 is 0 Å². The Balaban J connectivity index is 0.00000220. The maximum absolute atomic E-state index is 13.2. The molecule has 0 amide bonds. The van der Waals surface area contributed by atoms with Crippen molar-refractivity contribution in [1.82, 2.24) is 9.97 Å². The van der Waals surface area contributed by atoms with Crippen LogP contribution in [-0.2, 0) is 5.92 Å². The molecule has 21 heavy (non-hydrogen) atoms. The fourth-order valence-electron chi connectivity index (χ4n) is 1.56. The Labute approximate surface area is 126 Å². The first-order chi connectivity index (χ1) is 9.22. The monoisotopic (exact) mass is 294 g/mol. The van der Waals surface area contributed by atoms with Gasteiger partial charge in [0.1, 0.15) is 17.7 Å². The number of aromatic amines is 1. The summed E-state index contributed by atoms with van der Waals surface area (Å²) < 4.78 is 63.2. The second-order valence-corrected chi connectivity index (χ2v) is 3.77. The van der Waals surface area contributed by atoms with Crippen LogP contribution in [0.15, 0.2) is 12.1 Å². The van der Waals surface area contributed by atoms with Gasteiger partial charge in [-0.3, -0.25) is 0 Å². The predicted molar refractivity (Wildman–Crippen MR) is 62.6 cm³/mol. The van der Waals surface area contributed by atoms with Gasteiger partial charge in [-0.05, 0) is 12.1 Å². The normalized spacial score (nSPS) is 11.6. The van der Waals surface area contributed by atoms with Crippen LogP contribution in [0, 0.1) is 22.7 Å². The summed E-state index contributed by atoms with van der Waals surface area (Å²) in [5, 5.41) is 17.6. The molecule has 1 aromatic carbocycles. The summed E-state index contributed by atoms with van der Waals surface area (Å²) in [5.41, 5.74) is -1.12. The Kier molecular flexibility index (Phi) is 4.34. The van der Waals surface area contributed by atoms with Gasteiger partial charge in [0.2, 0.25) is 0 Å². The Hall–Kier alpha value is -2.08. The zero-order chi connectivity index (χ0) is 15.1. The van der Waals surface area contributed by atoms with E-state index >= 15 is 0 Å². The number of hydrogen-bond acceptors (Lipinski definition) is 3. The van der Waals surface area contributed by atoms with Gasteiger partial charge in [-0.2, -0.15) is 32.5 Å². The van der Waals surface area contributed by atoms with E-state index in [2.05, 4.69) is 4.98 Å². The van der Waals surface area contributed by atoms with Crippen molar-refractivity contribution in [2.75, 3.05) is 0 Å². The number of rotatable bonds is 1. The fraction of sp³-hybridized carbons (Fsp3) is 0.182. The molecular weight excluding hydrogens is 290 g/mol. The van der Waals surface area contributed by atoms with Gasteiger partial charge >= 0.3 is 31.0 Å². The summed E-state index contributed by atoms with van der Waals surface area (Å²) in [5.74, 6) is -6.86. The standard InChI is InChI=1S/C11H3F5N4.Li.H/c12-10(13,11(14,15)16)9-19-7-5(3-17)1-2-6(4-18)8(7)20-9;;/h1-2H,(H,19,20);;. The van der Waals surface area contributed by atoms with Crippen molar-refractivity contribution in [2.45, 2.75) is 12.1 Å². The molecule has 2 rings (SSSR count). The van der Waals surface area contributed by atoms with Crippen molar-refractivity contribution in [3.8, 4) is 12.1 Å². The molecule has 0 aliphatic heterocycles. The maximum atomic E-state index is 13.2. The van der Waals surface area contributed by atoms with Crippen LogP contribution in [0.2, 0.25) is 0 Å². The van der Waals surface area contributed by atoms with Crippen LogP contribution in [0.1, 0.15) is 17.0 Å². The van der Waals surface area contributed by atoms with Crippen LogP contribution in [0.4, 0.5) is 22.0 Å². The SMILES string of the molecule is N#Cc1ccc(C#N)c2[nH]c(C(F)(F)C(F)(F)F)nc12.[LiH]. The summed E-state index contributed by atoms with van der Waals surface area (Å²) >= 11 is 0. The molecule has 2 aromatic rings. The molecule has 0 bridgehead atoms. The third-order valence-electron chi connectivity index (χ3n) is 2.54. The summed E-state index contributed by atoms with van der Waals surface area (Å²) in [7, 11) is 0. The average molecular weight is 294 g/mol. The molecule has 0 fully saturated rings. The molecule has 4 nitrogen and oxygen atoms in total. The Morgan fingerprint density at radius 3 is 2.00 bits per heavy atom. The number of halogens is 5. The quantitative estimate of drug-likeness (QED) is 0.647. The van der Waals surface area contributed by atoms with Gasteiger partial charge < -0.3 is 4.98 Å². The van der Waals surface area contributed by atoms with Crippen LogP contribution < -0.4 is 0 Å². The molecule has 1 aromatic heterocycles. The molecule has 1 heterocycles. The van der Waals surface area contributed by atoms with Crippen molar-refractivity contribution in [3.63, 3.8) is 0 Å². The van der Waals surface area contributed by atoms with Gasteiger partial charge in [0.05, 0.1) is 16.6 Å². The van der Waals surface area contributed by atoms with Crippen LogP contribution in [0.25, 0.3) is 11.0 Å². The van der Waals surface area contributed by atoms with E-state index in [-0.39, 0.29) is 35.5 Å². The van der Waals surface area contributed by atoms with Gasteiger partial charge in [-0.15, -0.1) is 0 Å². The Morgan fingerprint density at radius 2 is 1.52 bits per heavy atom. The van der Waals surface area contributed by atoms with Crippen LogP contribution in [-0.4, -0.2) is 35.0 Å². The molecule has 10 heteroatoms. The van der Waals surface area contributed by atoms with Crippen molar-refractivity contribution in [1.29, 1.82) is 10.5 Å². The van der Waals surface area contributed by atoms with Crippen molar-refractivity contribution in [3.05, 3.63) is 29.1 Å². The summed E-state index contributed by atoms with van der Waals surface area (Å²) in [6, 6.07) is 5.48. The van der Waals surface area contributed by atoms with Gasteiger partial charge in [0.25, 0.3) is 0 Å².